The van der Waals surface area contributed by atoms with E-state index in [1.807, 2.05) is 24.3 Å². The Labute approximate surface area is 203 Å². The normalized spacial score (nSPS) is 17.9. The third-order valence-corrected chi connectivity index (χ3v) is 6.91. The summed E-state index contributed by atoms with van der Waals surface area (Å²) in [7, 11) is 0. The summed E-state index contributed by atoms with van der Waals surface area (Å²) in [6, 6.07) is 10.2. The number of carbonyl (C=O) groups excluding carboxylic acids is 1. The summed E-state index contributed by atoms with van der Waals surface area (Å²) in [6.45, 7) is 3.99. The number of thiazole rings is 1. The molecule has 0 saturated heterocycles. The molecule has 0 aliphatic carbocycles. The fourth-order valence-corrected chi connectivity index (χ4v) is 5.39. The first-order valence-electron chi connectivity index (χ1n) is 11.0. The van der Waals surface area contributed by atoms with Gasteiger partial charge in [0.25, 0.3) is 5.56 Å². The Kier molecular flexibility index (Phi) is 5.10. The van der Waals surface area contributed by atoms with Crippen molar-refractivity contribution in [2.24, 2.45) is 4.99 Å². The van der Waals surface area contributed by atoms with Crippen molar-refractivity contribution < 1.29 is 28.5 Å². The molecule has 0 radical (unpaired) electrons. The molecule has 0 fully saturated rings. The molecule has 3 aromatic rings. The van der Waals surface area contributed by atoms with Crippen molar-refractivity contribution in [3.63, 3.8) is 0 Å². The van der Waals surface area contributed by atoms with E-state index in [1.54, 1.807) is 36.6 Å². The summed E-state index contributed by atoms with van der Waals surface area (Å²) < 4.78 is 29.2. The van der Waals surface area contributed by atoms with E-state index in [9.17, 15) is 9.59 Å². The molecular weight excluding hydrogens is 472 g/mol. The van der Waals surface area contributed by atoms with Crippen molar-refractivity contribution in [1.29, 1.82) is 0 Å². The van der Waals surface area contributed by atoms with E-state index in [1.165, 1.54) is 11.3 Å². The summed E-state index contributed by atoms with van der Waals surface area (Å²) in [4.78, 5) is 31.8. The molecule has 0 N–H and O–H groups in total. The summed E-state index contributed by atoms with van der Waals surface area (Å²) in [5.41, 5.74) is 2.04. The predicted octanol–water partition coefficient (Wildman–Crippen LogP) is 2.26. The molecule has 1 atom stereocenters. The van der Waals surface area contributed by atoms with Crippen LogP contribution in [0.1, 0.15) is 31.0 Å². The Morgan fingerprint density at radius 1 is 1.09 bits per heavy atom. The maximum atomic E-state index is 13.7. The van der Waals surface area contributed by atoms with Crippen LogP contribution in [-0.4, -0.2) is 30.7 Å². The van der Waals surface area contributed by atoms with Gasteiger partial charge < -0.3 is 23.7 Å². The Morgan fingerprint density at radius 2 is 1.77 bits per heavy atom. The van der Waals surface area contributed by atoms with Gasteiger partial charge in [-0.15, -0.1) is 0 Å². The minimum atomic E-state index is -0.723. The lowest BCUT2D eigenvalue weighted by atomic mass is 9.95. The zero-order chi connectivity index (χ0) is 24.1. The second-order valence-electron chi connectivity index (χ2n) is 8.03. The van der Waals surface area contributed by atoms with Crippen LogP contribution in [0.15, 0.2) is 57.5 Å². The van der Waals surface area contributed by atoms with Gasteiger partial charge in [0.2, 0.25) is 13.6 Å². The third-order valence-electron chi connectivity index (χ3n) is 5.92. The molecule has 6 rings (SSSR count). The highest BCUT2D eigenvalue weighted by atomic mass is 32.1. The zero-order valence-corrected chi connectivity index (χ0v) is 19.7. The Bertz CT molecular complexity index is 1580. The second-order valence-corrected chi connectivity index (χ2v) is 9.04. The van der Waals surface area contributed by atoms with Crippen LogP contribution in [0.4, 0.5) is 0 Å². The molecular formula is C25H20N2O7S. The van der Waals surface area contributed by atoms with E-state index < -0.39 is 12.0 Å². The topological polar surface area (TPSA) is 97.6 Å². The SMILES string of the molecule is CCOC(=O)C1=C(C)N=c2sc(=Cc3ccc4c(c3)OCO4)c(=O)n2C1c1ccc2c(c1)OCO2. The summed E-state index contributed by atoms with van der Waals surface area (Å²) in [5, 5.41) is 0. The van der Waals surface area contributed by atoms with Gasteiger partial charge >= 0.3 is 5.97 Å². The van der Waals surface area contributed by atoms with E-state index in [4.69, 9.17) is 23.7 Å². The number of aromatic nitrogens is 1. The maximum absolute atomic E-state index is 13.7. The van der Waals surface area contributed by atoms with E-state index in [0.29, 0.717) is 49.2 Å². The van der Waals surface area contributed by atoms with Crippen molar-refractivity contribution in [3.8, 4) is 23.0 Å². The fourth-order valence-electron chi connectivity index (χ4n) is 4.34. The minimum absolute atomic E-state index is 0.122. The van der Waals surface area contributed by atoms with Crippen molar-refractivity contribution in [2.45, 2.75) is 19.9 Å². The largest absolute Gasteiger partial charge is 0.463 e. The lowest BCUT2D eigenvalue weighted by molar-refractivity contribution is -0.139. The second kappa shape index (κ2) is 8.31. The quantitative estimate of drug-likeness (QED) is 0.516. The van der Waals surface area contributed by atoms with Crippen LogP contribution in [0, 0.1) is 0 Å². The van der Waals surface area contributed by atoms with Gasteiger partial charge in [0.1, 0.15) is 0 Å². The van der Waals surface area contributed by atoms with Gasteiger partial charge in [-0.1, -0.05) is 23.5 Å². The molecule has 2 aromatic carbocycles. The number of rotatable bonds is 4. The Balaban J connectivity index is 1.53. The monoisotopic (exact) mass is 492 g/mol. The van der Waals surface area contributed by atoms with Gasteiger partial charge in [0.05, 0.1) is 28.5 Å². The van der Waals surface area contributed by atoms with Crippen LogP contribution < -0.4 is 33.8 Å². The average Bonchev–Trinajstić information content (AvgIpc) is 3.57. The van der Waals surface area contributed by atoms with E-state index in [0.717, 1.165) is 5.56 Å². The lowest BCUT2D eigenvalue weighted by Gasteiger charge is -2.24. The molecule has 0 bridgehead atoms. The number of fused-ring (bicyclic) bond motifs is 3. The standard InChI is InChI=1S/C25H20N2O7S/c1-3-30-24(29)21-13(2)26-25-27(22(21)15-5-7-17-19(10-15)34-12-32-17)23(28)20(35-25)9-14-4-6-16-18(8-14)33-11-31-16/h4-10,22H,3,11-12H2,1-2H3. The molecule has 4 heterocycles. The van der Waals surface area contributed by atoms with Crippen molar-refractivity contribution in [3.05, 3.63) is 78.5 Å². The van der Waals surface area contributed by atoms with E-state index >= 15 is 0 Å². The molecule has 3 aliphatic heterocycles. The van der Waals surface area contributed by atoms with Crippen molar-refractivity contribution in [1.82, 2.24) is 4.57 Å². The average molecular weight is 493 g/mol. The number of hydrogen-bond donors (Lipinski definition) is 0. The summed E-state index contributed by atoms with van der Waals surface area (Å²) in [5.74, 6) is 1.96. The van der Waals surface area contributed by atoms with Crippen LogP contribution in [-0.2, 0) is 9.53 Å². The smallest absolute Gasteiger partial charge is 0.338 e. The number of carbonyl (C=O) groups is 1. The molecule has 10 heteroatoms. The highest BCUT2D eigenvalue weighted by Gasteiger charge is 2.34. The first-order valence-corrected chi connectivity index (χ1v) is 11.8. The van der Waals surface area contributed by atoms with Crippen LogP contribution >= 0.6 is 11.3 Å². The van der Waals surface area contributed by atoms with Crippen LogP contribution in [0.25, 0.3) is 6.08 Å². The van der Waals surface area contributed by atoms with Crippen LogP contribution in [0.5, 0.6) is 23.0 Å². The first-order chi connectivity index (χ1) is 17.0. The number of nitrogens with zero attached hydrogens (tertiary/aromatic N) is 2. The van der Waals surface area contributed by atoms with Gasteiger partial charge in [-0.25, -0.2) is 9.79 Å². The number of esters is 1. The number of ether oxygens (including phenoxy) is 5. The van der Waals surface area contributed by atoms with E-state index in [-0.39, 0.29) is 25.8 Å². The first kappa shape index (κ1) is 21.5. The fraction of sp³-hybridized carbons (Fsp3) is 0.240. The molecule has 0 saturated carbocycles. The highest BCUT2D eigenvalue weighted by molar-refractivity contribution is 7.07. The van der Waals surface area contributed by atoms with Gasteiger partial charge in [0, 0.05) is 0 Å². The molecule has 35 heavy (non-hydrogen) atoms. The summed E-state index contributed by atoms with van der Waals surface area (Å²) >= 11 is 1.26. The van der Waals surface area contributed by atoms with Gasteiger partial charge in [-0.3, -0.25) is 9.36 Å². The number of benzene rings is 2. The number of allylic oxidation sites excluding steroid dienone is 1. The van der Waals surface area contributed by atoms with Crippen molar-refractivity contribution >= 4 is 23.4 Å². The summed E-state index contributed by atoms with van der Waals surface area (Å²) in [6.07, 6.45) is 1.78. The molecule has 1 aromatic heterocycles. The minimum Gasteiger partial charge on any atom is -0.463 e. The van der Waals surface area contributed by atoms with Gasteiger partial charge in [-0.2, -0.15) is 0 Å². The van der Waals surface area contributed by atoms with Gasteiger partial charge in [-0.05, 0) is 55.3 Å². The van der Waals surface area contributed by atoms with Crippen LogP contribution in [0.3, 0.4) is 0 Å². The molecule has 3 aliphatic rings. The highest BCUT2D eigenvalue weighted by Crippen LogP contribution is 2.38. The molecule has 0 spiro atoms. The third kappa shape index (κ3) is 3.57. The lowest BCUT2D eigenvalue weighted by Crippen LogP contribution is -2.39. The maximum Gasteiger partial charge on any atom is 0.338 e. The molecule has 1 unspecified atom stereocenters. The molecule has 9 nitrogen and oxygen atoms in total. The zero-order valence-electron chi connectivity index (χ0n) is 18.9. The number of hydrogen-bond acceptors (Lipinski definition) is 9. The molecule has 178 valence electrons. The van der Waals surface area contributed by atoms with E-state index in [2.05, 4.69) is 4.99 Å². The Morgan fingerprint density at radius 3 is 2.51 bits per heavy atom. The Hall–Kier alpha value is -4.05. The molecule has 0 amide bonds. The van der Waals surface area contributed by atoms with Gasteiger partial charge in [0.15, 0.2) is 27.8 Å². The predicted molar refractivity (Wildman–Crippen MR) is 126 cm³/mol. The van der Waals surface area contributed by atoms with Crippen LogP contribution in [0.2, 0.25) is 0 Å². The van der Waals surface area contributed by atoms with Crippen molar-refractivity contribution in [2.75, 3.05) is 20.2 Å².